The summed E-state index contributed by atoms with van der Waals surface area (Å²) in [7, 11) is -3.79. The van der Waals surface area contributed by atoms with Crippen LogP contribution in [0, 0.1) is 0 Å². The van der Waals surface area contributed by atoms with Gasteiger partial charge in [0.15, 0.2) is 0 Å². The average molecular weight is 367 g/mol. The Morgan fingerprint density at radius 1 is 0.750 bits per heavy atom. The zero-order valence-corrected chi connectivity index (χ0v) is 19.8. The Kier molecular flexibility index (Phi) is 6.10. The van der Waals surface area contributed by atoms with E-state index in [9.17, 15) is 0 Å². The van der Waals surface area contributed by atoms with Crippen molar-refractivity contribution in [3.63, 3.8) is 0 Å². The Hall–Kier alpha value is -0.746. The van der Waals surface area contributed by atoms with Gasteiger partial charge in [0.25, 0.3) is 16.6 Å². The van der Waals surface area contributed by atoms with Gasteiger partial charge < -0.3 is 8.85 Å². The van der Waals surface area contributed by atoms with Crippen LogP contribution in [0.5, 0.6) is 11.5 Å². The normalized spacial score (nSPS) is 13.8. The molecular weight excluding hydrogens is 328 g/mol. The molecule has 138 valence electrons. The van der Waals surface area contributed by atoms with Crippen LogP contribution in [0.1, 0.15) is 54.0 Å². The van der Waals surface area contributed by atoms with Crippen molar-refractivity contribution in [2.75, 3.05) is 0 Å². The third-order valence-electron chi connectivity index (χ3n) is 5.76. The second-order valence-corrected chi connectivity index (χ2v) is 19.3. The summed E-state index contributed by atoms with van der Waals surface area (Å²) in [6, 6.07) is 6.46. The van der Waals surface area contributed by atoms with Crippen molar-refractivity contribution in [1.29, 1.82) is 0 Å². The Morgan fingerprint density at radius 3 is 1.54 bits per heavy atom. The lowest BCUT2D eigenvalue weighted by atomic mass is 10.1. The molecule has 0 amide bonds. The molecule has 1 rings (SSSR count). The molecule has 0 heterocycles. The highest BCUT2D eigenvalue weighted by Crippen LogP contribution is 2.43. The van der Waals surface area contributed by atoms with Gasteiger partial charge in [0.05, 0.1) is 0 Å². The maximum Gasteiger partial charge on any atom is 0.250 e. The SMILES string of the molecule is CCc1ccc(O[Si](C)(C)C(C)(C)C)c(O[Si](C)(C)C(C)(C)C)c1. The van der Waals surface area contributed by atoms with Gasteiger partial charge in [-0.2, -0.15) is 0 Å². The van der Waals surface area contributed by atoms with Crippen LogP contribution in [0.3, 0.4) is 0 Å². The molecule has 1 aromatic rings. The van der Waals surface area contributed by atoms with E-state index in [0.717, 1.165) is 17.9 Å². The van der Waals surface area contributed by atoms with E-state index < -0.39 is 16.6 Å². The molecule has 1 aromatic carbocycles. The van der Waals surface area contributed by atoms with Crippen molar-refractivity contribution >= 4 is 16.6 Å². The average Bonchev–Trinajstić information content (AvgIpc) is 2.37. The molecule has 0 radical (unpaired) electrons. The summed E-state index contributed by atoms with van der Waals surface area (Å²) in [5.74, 6) is 1.86. The molecule has 0 fully saturated rings. The van der Waals surface area contributed by atoms with E-state index in [0.29, 0.717) is 0 Å². The lowest BCUT2D eigenvalue weighted by molar-refractivity contribution is 0.440. The number of hydrogen-bond acceptors (Lipinski definition) is 2. The minimum absolute atomic E-state index is 0.170. The summed E-state index contributed by atoms with van der Waals surface area (Å²) in [5, 5.41) is 0.341. The smallest absolute Gasteiger partial charge is 0.250 e. The monoisotopic (exact) mass is 366 g/mol. The summed E-state index contributed by atoms with van der Waals surface area (Å²) in [4.78, 5) is 0. The van der Waals surface area contributed by atoms with Gasteiger partial charge >= 0.3 is 0 Å². The molecule has 0 N–H and O–H groups in total. The molecule has 4 heteroatoms. The topological polar surface area (TPSA) is 18.5 Å². The Morgan fingerprint density at radius 2 is 1.17 bits per heavy atom. The van der Waals surface area contributed by atoms with Gasteiger partial charge in [0.1, 0.15) is 11.5 Å². The van der Waals surface area contributed by atoms with Gasteiger partial charge in [-0.1, -0.05) is 54.5 Å². The van der Waals surface area contributed by atoms with Crippen molar-refractivity contribution < 1.29 is 8.85 Å². The first-order valence-corrected chi connectivity index (χ1v) is 14.9. The molecule has 0 saturated heterocycles. The van der Waals surface area contributed by atoms with E-state index >= 15 is 0 Å². The van der Waals surface area contributed by atoms with Crippen LogP contribution >= 0.6 is 0 Å². The lowest BCUT2D eigenvalue weighted by Gasteiger charge is -2.39. The van der Waals surface area contributed by atoms with Crippen molar-refractivity contribution in [2.45, 2.75) is 91.2 Å². The summed E-state index contributed by atoms with van der Waals surface area (Å²) >= 11 is 0. The molecule has 24 heavy (non-hydrogen) atoms. The molecular formula is C20H38O2Si2. The van der Waals surface area contributed by atoms with Crippen molar-refractivity contribution in [3.8, 4) is 11.5 Å². The summed E-state index contributed by atoms with van der Waals surface area (Å²) in [6.45, 7) is 25.0. The zero-order chi connectivity index (χ0) is 19.0. The summed E-state index contributed by atoms with van der Waals surface area (Å²) in [6.07, 6.45) is 1.01. The van der Waals surface area contributed by atoms with E-state index in [2.05, 4.69) is 92.9 Å². The van der Waals surface area contributed by atoms with Crippen LogP contribution in [0.15, 0.2) is 18.2 Å². The molecule has 0 aromatic heterocycles. The Labute approximate surface area is 152 Å². The van der Waals surface area contributed by atoms with Gasteiger partial charge in [-0.25, -0.2) is 0 Å². The molecule has 2 nitrogen and oxygen atoms in total. The van der Waals surface area contributed by atoms with Crippen molar-refractivity contribution in [3.05, 3.63) is 23.8 Å². The lowest BCUT2D eigenvalue weighted by Crippen LogP contribution is -2.45. The summed E-state index contributed by atoms with van der Waals surface area (Å²) < 4.78 is 13.2. The first kappa shape index (κ1) is 21.3. The second-order valence-electron chi connectivity index (χ2n) is 9.86. The predicted octanol–water partition coefficient (Wildman–Crippen LogP) is 7.02. The molecule has 0 spiro atoms. The summed E-state index contributed by atoms with van der Waals surface area (Å²) in [5.41, 5.74) is 1.30. The quantitative estimate of drug-likeness (QED) is 0.521. The molecule has 0 aliphatic heterocycles. The molecule has 0 aliphatic rings. The van der Waals surface area contributed by atoms with E-state index in [1.165, 1.54) is 5.56 Å². The second kappa shape index (κ2) is 6.87. The van der Waals surface area contributed by atoms with Crippen LogP contribution in [0.2, 0.25) is 36.3 Å². The largest absolute Gasteiger partial charge is 0.541 e. The number of rotatable bonds is 5. The van der Waals surface area contributed by atoms with Gasteiger partial charge in [0.2, 0.25) is 0 Å². The van der Waals surface area contributed by atoms with Crippen molar-refractivity contribution in [1.82, 2.24) is 0 Å². The third-order valence-corrected chi connectivity index (χ3v) is 14.4. The minimum atomic E-state index is -1.90. The van der Waals surface area contributed by atoms with Crippen LogP contribution in [-0.2, 0) is 6.42 Å². The standard InChI is InChI=1S/C20H38O2Si2/c1-12-16-13-14-17(21-23(8,9)19(2,3)4)18(15-16)22-24(10,11)20(5,6)7/h13-15H,12H2,1-11H3. The molecule has 0 saturated carbocycles. The maximum atomic E-state index is 6.63. The number of aryl methyl sites for hydroxylation is 1. The number of hydrogen-bond donors (Lipinski definition) is 0. The van der Waals surface area contributed by atoms with Gasteiger partial charge in [-0.3, -0.25) is 0 Å². The fraction of sp³-hybridized carbons (Fsp3) is 0.700. The Balaban J connectivity index is 3.28. The molecule has 0 unspecified atom stereocenters. The molecule has 0 bridgehead atoms. The first-order valence-electron chi connectivity index (χ1n) is 9.12. The zero-order valence-electron chi connectivity index (χ0n) is 17.8. The highest BCUT2D eigenvalue weighted by atomic mass is 28.4. The van der Waals surface area contributed by atoms with E-state index in [4.69, 9.17) is 8.85 Å². The highest BCUT2D eigenvalue weighted by Gasteiger charge is 2.42. The predicted molar refractivity (Wildman–Crippen MR) is 111 cm³/mol. The van der Waals surface area contributed by atoms with Gasteiger partial charge in [0, 0.05) is 0 Å². The van der Waals surface area contributed by atoms with Crippen LogP contribution < -0.4 is 8.85 Å². The number of benzene rings is 1. The van der Waals surface area contributed by atoms with Crippen LogP contribution in [0.25, 0.3) is 0 Å². The van der Waals surface area contributed by atoms with Crippen LogP contribution in [-0.4, -0.2) is 16.6 Å². The fourth-order valence-corrected chi connectivity index (χ4v) is 3.83. The highest BCUT2D eigenvalue weighted by molar-refractivity contribution is 6.75. The molecule has 0 aliphatic carbocycles. The molecule has 0 atom stereocenters. The van der Waals surface area contributed by atoms with Gasteiger partial charge in [-0.05, 0) is 60.4 Å². The van der Waals surface area contributed by atoms with Crippen molar-refractivity contribution in [2.24, 2.45) is 0 Å². The third kappa shape index (κ3) is 4.88. The maximum absolute atomic E-state index is 6.63. The van der Waals surface area contributed by atoms with Crippen LogP contribution in [0.4, 0.5) is 0 Å². The van der Waals surface area contributed by atoms with E-state index in [1.807, 2.05) is 0 Å². The van der Waals surface area contributed by atoms with E-state index in [1.54, 1.807) is 0 Å². The Bertz CT molecular complexity index is 564. The van der Waals surface area contributed by atoms with Gasteiger partial charge in [-0.15, -0.1) is 0 Å². The minimum Gasteiger partial charge on any atom is -0.541 e. The first-order chi connectivity index (χ1) is 10.6. The fourth-order valence-electron chi connectivity index (χ4n) is 1.79. The van der Waals surface area contributed by atoms with E-state index in [-0.39, 0.29) is 10.1 Å².